The Bertz CT molecular complexity index is 418. The second kappa shape index (κ2) is 5.49. The minimum absolute atomic E-state index is 0.246. The minimum atomic E-state index is 0.246. The first-order chi connectivity index (χ1) is 9.60. The molecule has 2 fully saturated rings. The molecule has 1 saturated carbocycles. The van der Waals surface area contributed by atoms with Crippen LogP contribution in [0.2, 0.25) is 0 Å². The van der Waals surface area contributed by atoms with Crippen molar-refractivity contribution in [2.24, 2.45) is 0 Å². The second-order valence-electron chi connectivity index (χ2n) is 7.20. The average molecular weight is 276 g/mol. The van der Waals surface area contributed by atoms with Crippen molar-refractivity contribution in [3.63, 3.8) is 0 Å². The molecular weight excluding hydrogens is 248 g/mol. The van der Waals surface area contributed by atoms with Crippen LogP contribution in [-0.2, 0) is 6.54 Å². The summed E-state index contributed by atoms with van der Waals surface area (Å²) >= 11 is 0. The summed E-state index contributed by atoms with van der Waals surface area (Å²) < 4.78 is 2.05. The number of rotatable bonds is 3. The van der Waals surface area contributed by atoms with Crippen LogP contribution in [0.15, 0.2) is 18.5 Å². The fraction of sp³-hybridized carbons (Fsp3) is 0.812. The zero-order chi connectivity index (χ0) is 14.1. The molecule has 0 atom stereocenters. The molecule has 112 valence electrons. The molecule has 1 N–H and O–H groups in total. The van der Waals surface area contributed by atoms with E-state index in [1.54, 1.807) is 0 Å². The molecule has 4 heteroatoms. The van der Waals surface area contributed by atoms with Crippen molar-refractivity contribution < 1.29 is 0 Å². The molecule has 2 heterocycles. The van der Waals surface area contributed by atoms with Gasteiger partial charge in [-0.1, -0.05) is 19.3 Å². The lowest BCUT2D eigenvalue weighted by atomic mass is 9.77. The molecule has 0 aromatic carbocycles. The molecule has 0 radical (unpaired) electrons. The van der Waals surface area contributed by atoms with Gasteiger partial charge in [0.2, 0.25) is 0 Å². The minimum Gasteiger partial charge on any atom is -0.308 e. The average Bonchev–Trinajstić information content (AvgIpc) is 2.95. The van der Waals surface area contributed by atoms with E-state index in [1.165, 1.54) is 38.6 Å². The van der Waals surface area contributed by atoms with Crippen LogP contribution in [-0.4, -0.2) is 45.4 Å². The second-order valence-corrected chi connectivity index (χ2v) is 7.20. The maximum atomic E-state index is 4.33. The number of nitrogens with zero attached hydrogens (tertiary/aromatic N) is 3. The molecule has 2 aliphatic rings. The predicted molar refractivity (Wildman–Crippen MR) is 81.7 cm³/mol. The van der Waals surface area contributed by atoms with Crippen LogP contribution >= 0.6 is 0 Å². The van der Waals surface area contributed by atoms with Crippen molar-refractivity contribution >= 4 is 0 Å². The third-order valence-electron chi connectivity index (χ3n) is 5.21. The van der Waals surface area contributed by atoms with Gasteiger partial charge in [0.25, 0.3) is 0 Å². The van der Waals surface area contributed by atoms with E-state index in [0.29, 0.717) is 5.54 Å². The topological polar surface area (TPSA) is 33.1 Å². The molecule has 1 aromatic rings. The Hall–Kier alpha value is -0.870. The predicted octanol–water partition coefficient (Wildman–Crippen LogP) is 2.27. The van der Waals surface area contributed by atoms with Crippen molar-refractivity contribution in [2.45, 2.75) is 63.6 Å². The fourth-order valence-electron chi connectivity index (χ4n) is 3.75. The normalized spacial score (nSPS) is 25.9. The monoisotopic (exact) mass is 276 g/mol. The maximum absolute atomic E-state index is 4.33. The van der Waals surface area contributed by atoms with E-state index in [9.17, 15) is 0 Å². The Labute approximate surface area is 122 Å². The molecule has 4 nitrogen and oxygen atoms in total. The van der Waals surface area contributed by atoms with E-state index in [4.69, 9.17) is 0 Å². The number of hydrogen-bond acceptors (Lipinski definition) is 3. The Morgan fingerprint density at radius 1 is 1.15 bits per heavy atom. The summed E-state index contributed by atoms with van der Waals surface area (Å²) in [6.45, 7) is 9.11. The summed E-state index contributed by atoms with van der Waals surface area (Å²) in [5.41, 5.74) is 0.633. The van der Waals surface area contributed by atoms with E-state index < -0.39 is 0 Å². The lowest BCUT2D eigenvalue weighted by Crippen LogP contribution is -2.68. The van der Waals surface area contributed by atoms with Gasteiger partial charge in [0.15, 0.2) is 0 Å². The summed E-state index contributed by atoms with van der Waals surface area (Å²) in [6, 6.07) is 2.01. The molecule has 1 aliphatic carbocycles. The summed E-state index contributed by atoms with van der Waals surface area (Å²) in [5.74, 6) is 0. The van der Waals surface area contributed by atoms with Gasteiger partial charge in [0.05, 0.1) is 6.54 Å². The Morgan fingerprint density at radius 2 is 1.95 bits per heavy atom. The maximum Gasteiger partial charge on any atom is 0.0536 e. The highest BCUT2D eigenvalue weighted by atomic mass is 15.3. The first-order valence-electron chi connectivity index (χ1n) is 8.07. The number of hydrogen-bond donors (Lipinski definition) is 1. The van der Waals surface area contributed by atoms with Crippen LogP contribution < -0.4 is 5.32 Å². The molecule has 1 saturated heterocycles. The van der Waals surface area contributed by atoms with Gasteiger partial charge < -0.3 is 5.32 Å². The molecule has 0 unspecified atom stereocenters. The van der Waals surface area contributed by atoms with Gasteiger partial charge in [-0.25, -0.2) is 0 Å². The highest BCUT2D eigenvalue weighted by Crippen LogP contribution is 2.34. The molecule has 1 aromatic heterocycles. The lowest BCUT2D eigenvalue weighted by Gasteiger charge is -2.53. The first kappa shape index (κ1) is 14.1. The molecule has 0 bridgehead atoms. The lowest BCUT2D eigenvalue weighted by molar-refractivity contribution is 0.00811. The van der Waals surface area contributed by atoms with E-state index in [2.05, 4.69) is 35.4 Å². The van der Waals surface area contributed by atoms with E-state index >= 15 is 0 Å². The van der Waals surface area contributed by atoms with Gasteiger partial charge in [-0.05, 0) is 32.8 Å². The standard InChI is InChI=1S/C16H28N4/c1-15(2)13-17-16(7-4-3-5-8-16)14-19(15)11-12-20-10-6-9-18-20/h6,9-10,17H,3-5,7-8,11-14H2,1-2H3. The number of piperazine rings is 1. The Balaban J connectivity index is 1.65. The van der Waals surface area contributed by atoms with Crippen LogP contribution in [0, 0.1) is 0 Å². The molecule has 0 amide bonds. The Kier molecular flexibility index (Phi) is 3.87. The summed E-state index contributed by atoms with van der Waals surface area (Å²) in [6.07, 6.45) is 10.8. The van der Waals surface area contributed by atoms with Crippen LogP contribution in [0.1, 0.15) is 46.0 Å². The molecular formula is C16H28N4. The third-order valence-corrected chi connectivity index (χ3v) is 5.21. The quantitative estimate of drug-likeness (QED) is 0.919. The van der Waals surface area contributed by atoms with Crippen molar-refractivity contribution in [1.82, 2.24) is 20.0 Å². The van der Waals surface area contributed by atoms with E-state index in [1.807, 2.05) is 16.9 Å². The third kappa shape index (κ3) is 2.91. The highest BCUT2D eigenvalue weighted by Gasteiger charge is 2.42. The first-order valence-corrected chi connectivity index (χ1v) is 8.07. The van der Waals surface area contributed by atoms with Gasteiger partial charge in [0, 0.05) is 43.1 Å². The fourth-order valence-corrected chi connectivity index (χ4v) is 3.75. The number of nitrogens with one attached hydrogen (secondary N) is 1. The Morgan fingerprint density at radius 3 is 2.65 bits per heavy atom. The van der Waals surface area contributed by atoms with Crippen LogP contribution in [0.25, 0.3) is 0 Å². The van der Waals surface area contributed by atoms with E-state index in [0.717, 1.165) is 19.6 Å². The van der Waals surface area contributed by atoms with Gasteiger partial charge in [-0.15, -0.1) is 0 Å². The number of aromatic nitrogens is 2. The van der Waals surface area contributed by atoms with Gasteiger partial charge in [-0.3, -0.25) is 9.58 Å². The summed E-state index contributed by atoms with van der Waals surface area (Å²) in [5, 5.41) is 8.21. The molecule has 3 rings (SSSR count). The van der Waals surface area contributed by atoms with Crippen LogP contribution in [0.4, 0.5) is 0 Å². The van der Waals surface area contributed by atoms with Crippen LogP contribution in [0.3, 0.4) is 0 Å². The zero-order valence-corrected chi connectivity index (χ0v) is 12.9. The molecule has 1 spiro atoms. The highest BCUT2D eigenvalue weighted by molar-refractivity contribution is 5.03. The smallest absolute Gasteiger partial charge is 0.0536 e. The van der Waals surface area contributed by atoms with Gasteiger partial charge >= 0.3 is 0 Å². The SMILES string of the molecule is CC1(C)CNC2(CCCCC2)CN1CCn1cccn1. The summed E-state index contributed by atoms with van der Waals surface area (Å²) in [7, 11) is 0. The van der Waals surface area contributed by atoms with Crippen LogP contribution in [0.5, 0.6) is 0 Å². The van der Waals surface area contributed by atoms with E-state index in [-0.39, 0.29) is 5.54 Å². The van der Waals surface area contributed by atoms with Crippen molar-refractivity contribution in [1.29, 1.82) is 0 Å². The molecule has 20 heavy (non-hydrogen) atoms. The molecule has 1 aliphatic heterocycles. The largest absolute Gasteiger partial charge is 0.308 e. The zero-order valence-electron chi connectivity index (χ0n) is 12.9. The van der Waals surface area contributed by atoms with Crippen molar-refractivity contribution in [3.8, 4) is 0 Å². The van der Waals surface area contributed by atoms with Crippen molar-refractivity contribution in [3.05, 3.63) is 18.5 Å². The van der Waals surface area contributed by atoms with Gasteiger partial charge in [-0.2, -0.15) is 5.10 Å². The summed E-state index contributed by atoms with van der Waals surface area (Å²) in [4.78, 5) is 2.68. The van der Waals surface area contributed by atoms with Crippen molar-refractivity contribution in [2.75, 3.05) is 19.6 Å². The van der Waals surface area contributed by atoms with Gasteiger partial charge in [0.1, 0.15) is 0 Å².